The normalized spacial score (nSPS) is 11.1. The van der Waals surface area contributed by atoms with E-state index < -0.39 is 0 Å². The molecule has 0 N–H and O–H groups in total. The molecule has 0 aliphatic carbocycles. The Morgan fingerprint density at radius 2 is 1.27 bits per heavy atom. The minimum atomic E-state index is 1.03. The van der Waals surface area contributed by atoms with Crippen molar-refractivity contribution in [2.45, 2.75) is 27.7 Å². The van der Waals surface area contributed by atoms with Crippen LogP contribution in [0.4, 0.5) is 0 Å². The maximum absolute atomic E-state index is 4.14. The molecule has 0 aliphatic heterocycles. The number of hydrogen-bond donors (Lipinski definition) is 0. The summed E-state index contributed by atoms with van der Waals surface area (Å²) in [5.74, 6) is 0. The highest BCUT2D eigenvalue weighted by molar-refractivity contribution is 6.10. The maximum atomic E-state index is 4.14. The second-order valence-electron chi connectivity index (χ2n) is 6.92. The van der Waals surface area contributed by atoms with Gasteiger partial charge in [0.1, 0.15) is 0 Å². The van der Waals surface area contributed by atoms with Crippen LogP contribution in [-0.4, -0.2) is 0 Å². The van der Waals surface area contributed by atoms with Crippen LogP contribution in [0.25, 0.3) is 39.6 Å². The Kier molecular flexibility index (Phi) is 7.95. The van der Waals surface area contributed by atoms with Crippen LogP contribution in [0.15, 0.2) is 98.1 Å². The molecular formula is C30H32. The molecule has 0 aliphatic rings. The van der Waals surface area contributed by atoms with Gasteiger partial charge in [0.05, 0.1) is 0 Å². The SMILES string of the molecule is C=C/C(=C(\C)C(=C)C)c1c(C=C)c(C=C)c(-c2ccccc2)c2ccccc12.CC. The fourth-order valence-corrected chi connectivity index (χ4v) is 3.78. The Morgan fingerprint density at radius 3 is 1.77 bits per heavy atom. The largest absolute Gasteiger partial charge is 0.0984 e. The summed E-state index contributed by atoms with van der Waals surface area (Å²) in [6.45, 7) is 24.6. The van der Waals surface area contributed by atoms with Gasteiger partial charge in [-0.15, -0.1) is 0 Å². The Balaban J connectivity index is 0.00000155. The summed E-state index contributed by atoms with van der Waals surface area (Å²) < 4.78 is 0. The molecule has 0 heteroatoms. The third kappa shape index (κ3) is 4.14. The zero-order valence-electron chi connectivity index (χ0n) is 18.8. The van der Waals surface area contributed by atoms with E-state index >= 15 is 0 Å². The van der Waals surface area contributed by atoms with Crippen LogP contribution in [0, 0.1) is 0 Å². The number of allylic oxidation sites excluding steroid dienone is 4. The summed E-state index contributed by atoms with van der Waals surface area (Å²) in [5.41, 5.74) is 8.89. The summed E-state index contributed by atoms with van der Waals surface area (Å²) in [7, 11) is 0. The lowest BCUT2D eigenvalue weighted by Crippen LogP contribution is -1.99. The first-order chi connectivity index (χ1) is 14.5. The van der Waals surface area contributed by atoms with Crippen LogP contribution in [0.3, 0.4) is 0 Å². The van der Waals surface area contributed by atoms with Gasteiger partial charge in [0, 0.05) is 0 Å². The third-order valence-electron chi connectivity index (χ3n) is 5.28. The number of benzene rings is 3. The highest BCUT2D eigenvalue weighted by Crippen LogP contribution is 2.42. The van der Waals surface area contributed by atoms with Crippen LogP contribution in [0.5, 0.6) is 0 Å². The second-order valence-corrected chi connectivity index (χ2v) is 6.92. The van der Waals surface area contributed by atoms with Crippen molar-refractivity contribution in [2.24, 2.45) is 0 Å². The summed E-state index contributed by atoms with van der Waals surface area (Å²) in [5, 5.41) is 2.37. The van der Waals surface area contributed by atoms with Crippen molar-refractivity contribution in [3.63, 3.8) is 0 Å². The first kappa shape index (κ1) is 22.9. The number of fused-ring (bicyclic) bond motifs is 1. The van der Waals surface area contributed by atoms with Crippen LogP contribution in [-0.2, 0) is 0 Å². The van der Waals surface area contributed by atoms with Gasteiger partial charge in [-0.2, -0.15) is 0 Å². The van der Waals surface area contributed by atoms with Gasteiger partial charge in [-0.1, -0.05) is 119 Å². The molecule has 0 spiro atoms. The van der Waals surface area contributed by atoms with Gasteiger partial charge in [-0.05, 0) is 63.6 Å². The van der Waals surface area contributed by atoms with E-state index in [1.54, 1.807) is 0 Å². The van der Waals surface area contributed by atoms with Gasteiger partial charge in [-0.25, -0.2) is 0 Å². The summed E-state index contributed by atoms with van der Waals surface area (Å²) >= 11 is 0. The van der Waals surface area contributed by atoms with Crippen molar-refractivity contribution in [3.05, 3.63) is 115 Å². The fraction of sp³-hybridized carbons (Fsp3) is 0.133. The van der Waals surface area contributed by atoms with Crippen LogP contribution in [0.2, 0.25) is 0 Å². The molecule has 152 valence electrons. The molecule has 0 nitrogen and oxygen atoms in total. The molecule has 0 bridgehead atoms. The van der Waals surface area contributed by atoms with Crippen molar-refractivity contribution >= 4 is 28.5 Å². The van der Waals surface area contributed by atoms with Gasteiger partial charge in [0.15, 0.2) is 0 Å². The zero-order chi connectivity index (χ0) is 22.3. The third-order valence-corrected chi connectivity index (χ3v) is 5.28. The molecule has 0 fully saturated rings. The predicted octanol–water partition coefficient (Wildman–Crippen LogP) is 9.35. The summed E-state index contributed by atoms with van der Waals surface area (Å²) in [6.07, 6.45) is 5.79. The minimum absolute atomic E-state index is 1.03. The summed E-state index contributed by atoms with van der Waals surface area (Å²) in [6, 6.07) is 19.0. The van der Waals surface area contributed by atoms with E-state index in [0.29, 0.717) is 0 Å². The van der Waals surface area contributed by atoms with E-state index in [9.17, 15) is 0 Å². The van der Waals surface area contributed by atoms with E-state index in [-0.39, 0.29) is 0 Å². The Morgan fingerprint density at radius 1 is 0.733 bits per heavy atom. The van der Waals surface area contributed by atoms with Gasteiger partial charge in [0.25, 0.3) is 0 Å². The highest BCUT2D eigenvalue weighted by atomic mass is 14.2. The molecule has 0 amide bonds. The molecule has 30 heavy (non-hydrogen) atoms. The van der Waals surface area contributed by atoms with Gasteiger partial charge in [0.2, 0.25) is 0 Å². The first-order valence-corrected chi connectivity index (χ1v) is 10.4. The Labute approximate surface area is 182 Å². The molecule has 0 radical (unpaired) electrons. The van der Waals surface area contributed by atoms with E-state index in [2.05, 4.69) is 81.8 Å². The molecule has 0 heterocycles. The van der Waals surface area contributed by atoms with Crippen molar-refractivity contribution in [1.82, 2.24) is 0 Å². The fourth-order valence-electron chi connectivity index (χ4n) is 3.78. The van der Waals surface area contributed by atoms with Crippen LogP contribution >= 0.6 is 0 Å². The van der Waals surface area contributed by atoms with E-state index in [0.717, 1.165) is 33.4 Å². The molecule has 0 unspecified atom stereocenters. The average Bonchev–Trinajstić information content (AvgIpc) is 2.80. The molecule has 0 aromatic heterocycles. The Hall–Kier alpha value is -3.38. The maximum Gasteiger partial charge on any atom is -0.00240 e. The van der Waals surface area contributed by atoms with E-state index in [1.165, 1.54) is 21.9 Å². The molecule has 3 aromatic rings. The second kappa shape index (κ2) is 10.4. The van der Waals surface area contributed by atoms with Gasteiger partial charge >= 0.3 is 0 Å². The van der Waals surface area contributed by atoms with Crippen LogP contribution in [0.1, 0.15) is 44.4 Å². The first-order valence-electron chi connectivity index (χ1n) is 10.4. The van der Waals surface area contributed by atoms with E-state index in [4.69, 9.17) is 0 Å². The molecule has 0 saturated heterocycles. The molecule has 0 saturated carbocycles. The smallest absolute Gasteiger partial charge is 0.00240 e. The average molecular weight is 393 g/mol. The highest BCUT2D eigenvalue weighted by Gasteiger charge is 2.19. The predicted molar refractivity (Wildman–Crippen MR) is 139 cm³/mol. The molecule has 3 aromatic carbocycles. The Bertz CT molecular complexity index is 1120. The van der Waals surface area contributed by atoms with Crippen molar-refractivity contribution in [3.8, 4) is 11.1 Å². The monoisotopic (exact) mass is 392 g/mol. The molecule has 0 atom stereocenters. The van der Waals surface area contributed by atoms with Crippen molar-refractivity contribution in [1.29, 1.82) is 0 Å². The van der Waals surface area contributed by atoms with E-state index in [1.807, 2.05) is 45.1 Å². The topological polar surface area (TPSA) is 0 Å². The lowest BCUT2D eigenvalue weighted by atomic mass is 9.82. The number of rotatable bonds is 6. The molecule has 3 rings (SSSR count). The lowest BCUT2D eigenvalue weighted by Gasteiger charge is -2.21. The van der Waals surface area contributed by atoms with Crippen molar-refractivity contribution < 1.29 is 0 Å². The standard InChI is InChI=1S/C28H26.C2H6/c1-7-22(20(6)19(4)5)28-24(9-3)23(8-2)27(21-15-11-10-12-16-21)25-17-13-14-18-26(25)28;1-2/h7-18H,1-4H2,5-6H3;1-2H3/b22-20-;. The minimum Gasteiger partial charge on any atom is -0.0984 e. The van der Waals surface area contributed by atoms with Crippen molar-refractivity contribution in [2.75, 3.05) is 0 Å². The quantitative estimate of drug-likeness (QED) is 0.366. The number of hydrogen-bond acceptors (Lipinski definition) is 0. The van der Waals surface area contributed by atoms with Gasteiger partial charge in [-0.3, -0.25) is 0 Å². The van der Waals surface area contributed by atoms with Crippen LogP contribution < -0.4 is 0 Å². The zero-order valence-corrected chi connectivity index (χ0v) is 18.8. The molecular weight excluding hydrogens is 360 g/mol. The van der Waals surface area contributed by atoms with Gasteiger partial charge < -0.3 is 0 Å². The lowest BCUT2D eigenvalue weighted by molar-refractivity contribution is 1.37. The summed E-state index contributed by atoms with van der Waals surface area (Å²) in [4.78, 5) is 0.